The number of hydrogen-bond donors (Lipinski definition) is 1. The quantitative estimate of drug-likeness (QED) is 0.537. The van der Waals surface area contributed by atoms with Gasteiger partial charge >= 0.3 is 11.9 Å². The van der Waals surface area contributed by atoms with Crippen LogP contribution in [0.25, 0.3) is 0 Å². The lowest BCUT2D eigenvalue weighted by atomic mass is 9.95. The third-order valence-electron chi connectivity index (χ3n) is 5.74. The van der Waals surface area contributed by atoms with E-state index in [-0.39, 0.29) is 29.8 Å². The standard InChI is InChI=1S/C27H54N4O4/c1-25(2,3)21-30-16-13-28(11-10-23(32)33)12-14-29(20-24(34)35-27(7,8)9)15-17-31(19-18-30)22-26(4,5)6/h10-22H2,1-9H3,(H,32,33). The first kappa shape index (κ1) is 31.8. The fraction of sp³-hybridized carbons (Fsp3) is 0.926. The molecule has 1 heterocycles. The van der Waals surface area contributed by atoms with Crippen molar-refractivity contribution in [2.24, 2.45) is 10.8 Å². The third kappa shape index (κ3) is 17.0. The van der Waals surface area contributed by atoms with E-state index in [1.165, 1.54) is 0 Å². The summed E-state index contributed by atoms with van der Waals surface area (Å²) in [6.45, 7) is 28.9. The molecule has 0 aromatic rings. The number of ether oxygens (including phenoxy) is 1. The minimum absolute atomic E-state index is 0.130. The molecule has 35 heavy (non-hydrogen) atoms. The van der Waals surface area contributed by atoms with E-state index in [2.05, 4.69) is 61.1 Å². The molecule has 0 aliphatic carbocycles. The molecule has 0 saturated carbocycles. The van der Waals surface area contributed by atoms with Crippen molar-refractivity contribution in [3.8, 4) is 0 Å². The first-order valence-electron chi connectivity index (χ1n) is 13.2. The Morgan fingerprint density at radius 3 is 1.37 bits per heavy atom. The summed E-state index contributed by atoms with van der Waals surface area (Å²) in [4.78, 5) is 33.3. The summed E-state index contributed by atoms with van der Waals surface area (Å²) >= 11 is 0. The molecule has 1 aliphatic heterocycles. The topological polar surface area (TPSA) is 76.6 Å². The molecular formula is C27H54N4O4. The average Bonchev–Trinajstić information content (AvgIpc) is 2.63. The molecule has 1 aliphatic rings. The van der Waals surface area contributed by atoms with Crippen LogP contribution >= 0.6 is 0 Å². The fourth-order valence-corrected chi connectivity index (χ4v) is 4.43. The predicted molar refractivity (Wildman–Crippen MR) is 143 cm³/mol. The van der Waals surface area contributed by atoms with Crippen molar-refractivity contribution < 1.29 is 19.4 Å². The zero-order chi connectivity index (χ0) is 26.9. The van der Waals surface area contributed by atoms with Crippen molar-refractivity contribution in [3.63, 3.8) is 0 Å². The van der Waals surface area contributed by atoms with E-state index < -0.39 is 11.6 Å². The van der Waals surface area contributed by atoms with Crippen LogP contribution in [0.5, 0.6) is 0 Å². The van der Waals surface area contributed by atoms with Crippen LogP contribution in [0.15, 0.2) is 0 Å². The van der Waals surface area contributed by atoms with Crippen LogP contribution in [0.3, 0.4) is 0 Å². The van der Waals surface area contributed by atoms with Crippen LogP contribution in [-0.2, 0) is 14.3 Å². The normalized spacial score (nSPS) is 19.7. The van der Waals surface area contributed by atoms with Crippen molar-refractivity contribution in [2.75, 3.05) is 78.5 Å². The van der Waals surface area contributed by atoms with Gasteiger partial charge < -0.3 is 24.5 Å². The van der Waals surface area contributed by atoms with Crippen molar-refractivity contribution in [3.05, 3.63) is 0 Å². The van der Waals surface area contributed by atoms with Gasteiger partial charge in [0.2, 0.25) is 0 Å². The first-order valence-corrected chi connectivity index (χ1v) is 13.2. The average molecular weight is 499 g/mol. The fourth-order valence-electron chi connectivity index (χ4n) is 4.43. The van der Waals surface area contributed by atoms with Gasteiger partial charge in [0.15, 0.2) is 0 Å². The molecule has 0 bridgehead atoms. The Balaban J connectivity index is 3.04. The maximum absolute atomic E-state index is 12.6. The van der Waals surface area contributed by atoms with Gasteiger partial charge in [-0.3, -0.25) is 14.5 Å². The largest absolute Gasteiger partial charge is 0.481 e. The summed E-state index contributed by atoms with van der Waals surface area (Å²) in [5, 5.41) is 9.24. The van der Waals surface area contributed by atoms with Gasteiger partial charge in [-0.2, -0.15) is 0 Å². The van der Waals surface area contributed by atoms with Gasteiger partial charge in [0.1, 0.15) is 5.60 Å². The highest BCUT2D eigenvalue weighted by Gasteiger charge is 2.24. The minimum atomic E-state index is -0.772. The van der Waals surface area contributed by atoms with Crippen LogP contribution in [0.4, 0.5) is 0 Å². The summed E-state index contributed by atoms with van der Waals surface area (Å²) in [7, 11) is 0. The Bertz CT molecular complexity index is 649. The van der Waals surface area contributed by atoms with Crippen LogP contribution in [-0.4, -0.2) is 121 Å². The summed E-state index contributed by atoms with van der Waals surface area (Å²) in [6, 6.07) is 0. The van der Waals surface area contributed by atoms with Gasteiger partial charge in [-0.15, -0.1) is 0 Å². The van der Waals surface area contributed by atoms with Gasteiger partial charge in [0.25, 0.3) is 0 Å². The van der Waals surface area contributed by atoms with Crippen LogP contribution < -0.4 is 0 Å². The number of rotatable bonds is 7. The Morgan fingerprint density at radius 2 is 1.03 bits per heavy atom. The maximum Gasteiger partial charge on any atom is 0.320 e. The maximum atomic E-state index is 12.6. The molecular weight excluding hydrogens is 444 g/mol. The van der Waals surface area contributed by atoms with Crippen molar-refractivity contribution in [1.29, 1.82) is 0 Å². The van der Waals surface area contributed by atoms with E-state index in [0.717, 1.165) is 58.9 Å². The highest BCUT2D eigenvalue weighted by atomic mass is 16.6. The van der Waals surface area contributed by atoms with Crippen LogP contribution in [0, 0.1) is 10.8 Å². The van der Waals surface area contributed by atoms with E-state index >= 15 is 0 Å². The van der Waals surface area contributed by atoms with Gasteiger partial charge in [0, 0.05) is 72.0 Å². The zero-order valence-corrected chi connectivity index (χ0v) is 24.2. The molecule has 8 nitrogen and oxygen atoms in total. The number of carboxylic acid groups (broad SMARTS) is 1. The number of carboxylic acids is 1. The van der Waals surface area contributed by atoms with E-state index in [1.54, 1.807) is 0 Å². The third-order valence-corrected chi connectivity index (χ3v) is 5.74. The molecule has 0 radical (unpaired) electrons. The van der Waals surface area contributed by atoms with E-state index in [0.29, 0.717) is 13.1 Å². The zero-order valence-electron chi connectivity index (χ0n) is 24.2. The van der Waals surface area contributed by atoms with Crippen molar-refractivity contribution in [2.45, 2.75) is 74.3 Å². The van der Waals surface area contributed by atoms with E-state index in [1.807, 2.05) is 20.8 Å². The lowest BCUT2D eigenvalue weighted by Crippen LogP contribution is -2.49. The summed E-state index contributed by atoms with van der Waals surface area (Å²) in [5.41, 5.74) is -0.122. The van der Waals surface area contributed by atoms with Crippen LogP contribution in [0.1, 0.15) is 68.7 Å². The molecule has 0 aromatic heterocycles. The smallest absolute Gasteiger partial charge is 0.320 e. The molecule has 1 rings (SSSR count). The van der Waals surface area contributed by atoms with E-state index in [4.69, 9.17) is 4.74 Å². The Hall–Kier alpha value is -1.22. The monoisotopic (exact) mass is 498 g/mol. The highest BCUT2D eigenvalue weighted by molar-refractivity contribution is 5.72. The highest BCUT2D eigenvalue weighted by Crippen LogP contribution is 2.18. The van der Waals surface area contributed by atoms with E-state index in [9.17, 15) is 14.7 Å². The number of aliphatic carboxylic acids is 1. The predicted octanol–water partition coefficient (Wildman–Crippen LogP) is 3.12. The number of hydrogen-bond acceptors (Lipinski definition) is 7. The summed E-state index contributed by atoms with van der Waals surface area (Å²) < 4.78 is 5.59. The molecule has 1 fully saturated rings. The lowest BCUT2D eigenvalue weighted by molar-refractivity contribution is -0.156. The Labute approximate surface area is 214 Å². The van der Waals surface area contributed by atoms with Gasteiger partial charge in [-0.25, -0.2) is 0 Å². The van der Waals surface area contributed by atoms with Gasteiger partial charge in [-0.1, -0.05) is 41.5 Å². The summed E-state index contributed by atoms with van der Waals surface area (Å²) in [5.74, 6) is -0.980. The molecule has 0 atom stereocenters. The number of nitrogens with zero attached hydrogens (tertiary/aromatic N) is 4. The van der Waals surface area contributed by atoms with Crippen molar-refractivity contribution in [1.82, 2.24) is 19.6 Å². The molecule has 1 N–H and O–H groups in total. The molecule has 0 amide bonds. The molecule has 8 heteroatoms. The molecule has 1 saturated heterocycles. The van der Waals surface area contributed by atoms with Crippen LogP contribution in [0.2, 0.25) is 0 Å². The summed E-state index contributed by atoms with van der Waals surface area (Å²) in [6.07, 6.45) is 0.130. The number of carbonyl (C=O) groups is 2. The second kappa shape index (κ2) is 13.9. The lowest BCUT2D eigenvalue weighted by Gasteiger charge is -2.37. The Kier molecular flexibility index (Phi) is 12.6. The first-order chi connectivity index (χ1) is 15.9. The second-order valence-electron chi connectivity index (χ2n) is 13.5. The minimum Gasteiger partial charge on any atom is -0.481 e. The Morgan fingerprint density at radius 1 is 0.657 bits per heavy atom. The van der Waals surface area contributed by atoms with Crippen molar-refractivity contribution >= 4 is 11.9 Å². The molecule has 0 spiro atoms. The van der Waals surface area contributed by atoms with Gasteiger partial charge in [0.05, 0.1) is 13.0 Å². The SMILES string of the molecule is CC(C)(C)CN1CCN(CCC(=O)O)CCN(CC(=O)OC(C)(C)C)CCN(CC(C)(C)C)CC1. The second-order valence-corrected chi connectivity index (χ2v) is 13.5. The molecule has 0 aromatic carbocycles. The molecule has 0 unspecified atom stereocenters. The van der Waals surface area contributed by atoms with Gasteiger partial charge in [-0.05, 0) is 31.6 Å². The number of esters is 1. The molecule has 206 valence electrons. The number of carbonyl (C=O) groups excluding carboxylic acids is 1.